The average molecular weight is 227 g/mol. The lowest BCUT2D eigenvalue weighted by molar-refractivity contribution is 0.238. The van der Waals surface area contributed by atoms with Gasteiger partial charge in [-0.3, -0.25) is 9.89 Å². The number of carbonyl (C=O) groups is 1. The summed E-state index contributed by atoms with van der Waals surface area (Å²) in [6.07, 6.45) is 11.9. The van der Waals surface area contributed by atoms with Crippen LogP contribution in [0, 0.1) is 0 Å². The number of aliphatic imine (C=N–C) groups is 1. The Hall–Kier alpha value is -2.63. The minimum absolute atomic E-state index is 0.528. The Morgan fingerprint density at radius 1 is 1.35 bits per heavy atom. The zero-order valence-electron chi connectivity index (χ0n) is 8.82. The molecule has 0 bridgehead atoms. The molecule has 1 aromatic rings. The van der Waals surface area contributed by atoms with Crippen molar-refractivity contribution in [1.82, 2.24) is 14.7 Å². The monoisotopic (exact) mass is 227 g/mol. The molecule has 3 heterocycles. The second-order valence-electron chi connectivity index (χ2n) is 3.59. The number of aromatic nitrogens is 2. The van der Waals surface area contributed by atoms with Gasteiger partial charge in [-0.15, -0.1) is 0 Å². The van der Waals surface area contributed by atoms with Crippen molar-refractivity contribution >= 4 is 36.9 Å². The highest BCUT2D eigenvalue weighted by molar-refractivity contribution is 5.81. The summed E-state index contributed by atoms with van der Waals surface area (Å²) in [5.41, 5.74) is 6.01. The number of fused-ring (bicyclic) bond motifs is 3. The number of rotatable bonds is 0. The second-order valence-corrected chi connectivity index (χ2v) is 3.59. The molecule has 0 aromatic carbocycles. The first-order valence-corrected chi connectivity index (χ1v) is 5.02. The lowest BCUT2D eigenvalue weighted by Crippen LogP contribution is -2.35. The Morgan fingerprint density at radius 3 is 3.06 bits per heavy atom. The number of hydrogen-bond acceptors (Lipinski definition) is 3. The summed E-state index contributed by atoms with van der Waals surface area (Å²) in [5.74, 6) is 0. The van der Waals surface area contributed by atoms with Crippen LogP contribution in [0.1, 0.15) is 5.69 Å². The van der Waals surface area contributed by atoms with Crippen molar-refractivity contribution in [3.63, 3.8) is 0 Å². The third-order valence-electron chi connectivity index (χ3n) is 2.53. The predicted molar refractivity (Wildman–Crippen MR) is 64.7 cm³/mol. The smallest absolute Gasteiger partial charge is 0.322 e. The van der Waals surface area contributed by atoms with E-state index in [9.17, 15) is 4.79 Å². The Morgan fingerprint density at radius 2 is 2.24 bits per heavy atom. The fraction of sp³-hybridized carbons (Fsp3) is 0. The maximum absolute atomic E-state index is 11.1. The molecule has 2 amide bonds. The van der Waals surface area contributed by atoms with Crippen molar-refractivity contribution < 1.29 is 4.79 Å². The normalized spacial score (nSPS) is 15.6. The summed E-state index contributed by atoms with van der Waals surface area (Å²) in [7, 11) is 0. The first kappa shape index (κ1) is 9.59. The summed E-state index contributed by atoms with van der Waals surface area (Å²) in [5, 5.41) is 6.02. The molecule has 1 aromatic heterocycles. The highest BCUT2D eigenvalue weighted by atomic mass is 16.2. The number of urea groups is 1. The van der Waals surface area contributed by atoms with Crippen LogP contribution in [-0.4, -0.2) is 26.9 Å². The number of carbonyl (C=O) groups excluding carboxylic acids is 1. The van der Waals surface area contributed by atoms with Gasteiger partial charge < -0.3 is 5.73 Å². The number of primary amides is 1. The van der Waals surface area contributed by atoms with Crippen LogP contribution in [0.4, 0.5) is 4.79 Å². The van der Waals surface area contributed by atoms with E-state index in [1.165, 1.54) is 4.90 Å². The summed E-state index contributed by atoms with van der Waals surface area (Å²) < 4.78 is 1.71. The third kappa shape index (κ3) is 1.46. The van der Waals surface area contributed by atoms with Crippen molar-refractivity contribution in [3.05, 3.63) is 28.5 Å². The van der Waals surface area contributed by atoms with Gasteiger partial charge in [-0.2, -0.15) is 5.10 Å². The molecule has 0 atom stereocenters. The van der Waals surface area contributed by atoms with Crippen LogP contribution in [-0.2, 0) is 0 Å². The Kier molecular flexibility index (Phi) is 1.94. The molecule has 0 saturated heterocycles. The SMILES string of the molecule is NC(=O)N1C=Cc2nn3c(c2=C1)=CN=CC=C3. The van der Waals surface area contributed by atoms with Crippen molar-refractivity contribution in [3.8, 4) is 0 Å². The van der Waals surface area contributed by atoms with Crippen LogP contribution >= 0.6 is 0 Å². The van der Waals surface area contributed by atoms with E-state index in [1.54, 1.807) is 47.8 Å². The minimum atomic E-state index is -0.528. The summed E-state index contributed by atoms with van der Waals surface area (Å²) in [6.45, 7) is 0. The molecular weight excluding hydrogens is 218 g/mol. The van der Waals surface area contributed by atoms with E-state index in [-0.39, 0.29) is 0 Å². The fourth-order valence-corrected chi connectivity index (χ4v) is 1.73. The molecule has 0 unspecified atom stereocenters. The van der Waals surface area contributed by atoms with Crippen molar-refractivity contribution in [1.29, 1.82) is 0 Å². The lowest BCUT2D eigenvalue weighted by atomic mass is 10.3. The van der Waals surface area contributed by atoms with Crippen LogP contribution in [0.15, 0.2) is 17.3 Å². The number of nitrogens with two attached hydrogens (primary N) is 1. The van der Waals surface area contributed by atoms with Crippen LogP contribution in [0.5, 0.6) is 0 Å². The van der Waals surface area contributed by atoms with E-state index in [2.05, 4.69) is 10.1 Å². The molecule has 17 heavy (non-hydrogen) atoms. The van der Waals surface area contributed by atoms with E-state index in [1.807, 2.05) is 0 Å². The molecule has 6 heteroatoms. The zero-order valence-corrected chi connectivity index (χ0v) is 8.82. The van der Waals surface area contributed by atoms with Gasteiger partial charge in [0, 0.05) is 30.0 Å². The van der Waals surface area contributed by atoms with Gasteiger partial charge in [0.2, 0.25) is 0 Å². The standard InChI is InChI=1S/C11H9N5O/c12-11(17)15-5-2-9-8(7-15)10-6-13-3-1-4-16(10)14-9/h1-7H,(H2,12,17). The van der Waals surface area contributed by atoms with Crippen molar-refractivity contribution in [2.24, 2.45) is 10.7 Å². The van der Waals surface area contributed by atoms with Crippen LogP contribution in [0.3, 0.4) is 0 Å². The second kappa shape index (κ2) is 3.44. The number of amides is 2. The average Bonchev–Trinajstić information content (AvgIpc) is 2.51. The van der Waals surface area contributed by atoms with E-state index in [0.29, 0.717) is 0 Å². The molecule has 6 nitrogen and oxygen atoms in total. The molecule has 3 rings (SSSR count). The Balaban J connectivity index is 2.31. The Bertz CT molecular complexity index is 692. The van der Waals surface area contributed by atoms with Gasteiger partial charge in [-0.1, -0.05) is 0 Å². The van der Waals surface area contributed by atoms with Crippen LogP contribution in [0.2, 0.25) is 0 Å². The molecule has 0 radical (unpaired) electrons. The molecule has 0 aliphatic carbocycles. The minimum Gasteiger partial charge on any atom is -0.351 e. The molecule has 2 aliphatic rings. The molecule has 0 saturated carbocycles. The first-order chi connectivity index (χ1) is 8.25. The number of allylic oxidation sites excluding steroid dienone is 1. The lowest BCUT2D eigenvalue weighted by Gasteiger charge is -2.11. The van der Waals surface area contributed by atoms with E-state index in [0.717, 1.165) is 16.3 Å². The summed E-state index contributed by atoms with van der Waals surface area (Å²) in [4.78, 5) is 16.5. The molecule has 84 valence electrons. The molecule has 0 fully saturated rings. The van der Waals surface area contributed by atoms with Gasteiger partial charge in [0.25, 0.3) is 0 Å². The Labute approximate surface area is 96.3 Å². The zero-order chi connectivity index (χ0) is 11.8. The fourth-order valence-electron chi connectivity index (χ4n) is 1.73. The maximum atomic E-state index is 11.1. The topological polar surface area (TPSA) is 76.5 Å². The quantitative estimate of drug-likeness (QED) is 0.635. The molecule has 0 spiro atoms. The maximum Gasteiger partial charge on any atom is 0.322 e. The van der Waals surface area contributed by atoms with Crippen LogP contribution in [0.25, 0.3) is 24.7 Å². The molecule has 2 N–H and O–H groups in total. The molecule has 2 aliphatic heterocycles. The first-order valence-electron chi connectivity index (χ1n) is 5.02. The third-order valence-corrected chi connectivity index (χ3v) is 2.53. The van der Waals surface area contributed by atoms with Gasteiger partial charge in [-0.25, -0.2) is 9.48 Å². The summed E-state index contributed by atoms with van der Waals surface area (Å²) >= 11 is 0. The number of nitrogens with zero attached hydrogens (tertiary/aromatic N) is 4. The predicted octanol–water partition coefficient (Wildman–Crippen LogP) is -0.721. The van der Waals surface area contributed by atoms with Gasteiger partial charge >= 0.3 is 6.03 Å². The summed E-state index contributed by atoms with van der Waals surface area (Å²) in [6, 6.07) is -0.528. The van der Waals surface area contributed by atoms with Gasteiger partial charge in [-0.05, 0) is 12.2 Å². The van der Waals surface area contributed by atoms with Gasteiger partial charge in [0.05, 0.1) is 17.2 Å². The van der Waals surface area contributed by atoms with Crippen molar-refractivity contribution in [2.45, 2.75) is 0 Å². The van der Waals surface area contributed by atoms with E-state index in [4.69, 9.17) is 5.73 Å². The van der Waals surface area contributed by atoms with Gasteiger partial charge in [0.1, 0.15) is 0 Å². The number of hydrogen-bond donors (Lipinski definition) is 1. The van der Waals surface area contributed by atoms with Gasteiger partial charge in [0.15, 0.2) is 0 Å². The van der Waals surface area contributed by atoms with E-state index >= 15 is 0 Å². The highest BCUT2D eigenvalue weighted by Gasteiger charge is 2.12. The van der Waals surface area contributed by atoms with Crippen LogP contribution < -0.4 is 16.3 Å². The largest absolute Gasteiger partial charge is 0.351 e. The van der Waals surface area contributed by atoms with Crippen molar-refractivity contribution in [2.75, 3.05) is 0 Å². The van der Waals surface area contributed by atoms with E-state index < -0.39 is 6.03 Å². The highest BCUT2D eigenvalue weighted by Crippen LogP contribution is 2.01. The molecular formula is C11H9N5O.